The molecule has 0 spiro atoms. The Kier molecular flexibility index (Phi) is 3.93. The fraction of sp³-hybridized carbons (Fsp3) is 0.500. The summed E-state index contributed by atoms with van der Waals surface area (Å²) in [4.78, 5) is 1.81. The van der Waals surface area contributed by atoms with Gasteiger partial charge in [-0.2, -0.15) is 13.2 Å². The van der Waals surface area contributed by atoms with Gasteiger partial charge in [0.25, 0.3) is 0 Å². The van der Waals surface area contributed by atoms with Crippen LogP contribution in [0.25, 0.3) is 0 Å². The van der Waals surface area contributed by atoms with Crippen LogP contribution in [0.15, 0.2) is 18.2 Å². The molecule has 0 bridgehead atoms. The third-order valence-corrected chi connectivity index (χ3v) is 4.06. The Balaban J connectivity index is 2.18. The van der Waals surface area contributed by atoms with Crippen LogP contribution in [0.2, 0.25) is 0 Å². The van der Waals surface area contributed by atoms with Crippen LogP contribution in [-0.2, 0) is 0 Å². The van der Waals surface area contributed by atoms with Crippen LogP contribution in [-0.4, -0.2) is 19.3 Å². The molecule has 0 radical (unpaired) electrons. The number of benzene rings is 1. The van der Waals surface area contributed by atoms with E-state index in [-0.39, 0.29) is 13.0 Å². The Morgan fingerprint density at radius 2 is 2.06 bits per heavy atom. The molecule has 2 rings (SSSR count). The van der Waals surface area contributed by atoms with E-state index in [4.69, 9.17) is 5.73 Å². The summed E-state index contributed by atoms with van der Waals surface area (Å²) in [6.07, 6.45) is -3.30. The Hall–Kier alpha value is -0.660. The van der Waals surface area contributed by atoms with E-state index in [1.807, 2.05) is 4.90 Å². The van der Waals surface area contributed by atoms with Gasteiger partial charge in [0.15, 0.2) is 0 Å². The van der Waals surface area contributed by atoms with Crippen molar-refractivity contribution in [3.8, 4) is 0 Å². The first-order chi connectivity index (χ1) is 8.38. The second kappa shape index (κ2) is 5.14. The van der Waals surface area contributed by atoms with Crippen LogP contribution in [0.5, 0.6) is 0 Å². The summed E-state index contributed by atoms with van der Waals surface area (Å²) in [5, 5.41) is 0. The van der Waals surface area contributed by atoms with E-state index in [9.17, 15) is 13.2 Å². The molecule has 0 saturated carbocycles. The summed E-state index contributed by atoms with van der Waals surface area (Å²) >= 11 is 2.11. The van der Waals surface area contributed by atoms with E-state index in [1.54, 1.807) is 18.2 Å². The molecule has 100 valence electrons. The number of nitrogens with zero attached hydrogens (tertiary/aromatic N) is 1. The van der Waals surface area contributed by atoms with Crippen molar-refractivity contribution in [3.05, 3.63) is 21.8 Å². The van der Waals surface area contributed by atoms with E-state index in [2.05, 4.69) is 22.6 Å². The third kappa shape index (κ3) is 3.02. The maximum atomic E-state index is 12.7. The second-order valence-electron chi connectivity index (χ2n) is 4.54. The standard InChI is InChI=1S/C12H14F3IN2/c13-12(14,15)8-2-1-5-18(7-8)11-4-3-9(17)6-10(11)16/h3-4,6,8H,1-2,5,7,17H2. The van der Waals surface area contributed by atoms with Gasteiger partial charge in [-0.3, -0.25) is 0 Å². The van der Waals surface area contributed by atoms with Crippen molar-refractivity contribution >= 4 is 34.0 Å². The van der Waals surface area contributed by atoms with Gasteiger partial charge >= 0.3 is 6.18 Å². The maximum absolute atomic E-state index is 12.7. The fourth-order valence-corrected chi connectivity index (χ4v) is 3.12. The molecule has 0 aliphatic carbocycles. The number of nitrogen functional groups attached to an aromatic ring is 1. The molecule has 1 aromatic carbocycles. The molecular formula is C12H14F3IN2. The van der Waals surface area contributed by atoms with E-state index in [0.29, 0.717) is 18.7 Å². The Labute approximate surface area is 117 Å². The van der Waals surface area contributed by atoms with Crippen molar-refractivity contribution in [2.45, 2.75) is 19.0 Å². The molecule has 1 aliphatic heterocycles. The van der Waals surface area contributed by atoms with Crippen molar-refractivity contribution in [3.63, 3.8) is 0 Å². The number of alkyl halides is 3. The predicted molar refractivity (Wildman–Crippen MR) is 74.6 cm³/mol. The lowest BCUT2D eigenvalue weighted by Crippen LogP contribution is -2.42. The Bertz CT molecular complexity index is 434. The summed E-state index contributed by atoms with van der Waals surface area (Å²) in [6, 6.07) is 5.32. The van der Waals surface area contributed by atoms with Crippen molar-refractivity contribution in [1.29, 1.82) is 0 Å². The smallest absolute Gasteiger partial charge is 0.393 e. The molecule has 2 nitrogen and oxygen atoms in total. The molecule has 1 aliphatic rings. The van der Waals surface area contributed by atoms with E-state index >= 15 is 0 Å². The van der Waals surface area contributed by atoms with Crippen LogP contribution < -0.4 is 10.6 Å². The van der Waals surface area contributed by atoms with E-state index in [0.717, 1.165) is 9.26 Å². The fourth-order valence-electron chi connectivity index (χ4n) is 2.24. The summed E-state index contributed by atoms with van der Waals surface area (Å²) < 4.78 is 39.1. The van der Waals surface area contributed by atoms with Gasteiger partial charge in [0.1, 0.15) is 0 Å². The summed E-state index contributed by atoms with van der Waals surface area (Å²) in [5.41, 5.74) is 7.13. The first kappa shape index (κ1) is 13.8. The molecule has 1 fully saturated rings. The number of hydrogen-bond acceptors (Lipinski definition) is 2. The zero-order valence-electron chi connectivity index (χ0n) is 9.67. The maximum Gasteiger partial charge on any atom is 0.393 e. The molecule has 18 heavy (non-hydrogen) atoms. The van der Waals surface area contributed by atoms with Crippen molar-refractivity contribution in [1.82, 2.24) is 0 Å². The van der Waals surface area contributed by atoms with Crippen LogP contribution in [0.3, 0.4) is 0 Å². The van der Waals surface area contributed by atoms with Crippen molar-refractivity contribution in [2.24, 2.45) is 5.92 Å². The van der Waals surface area contributed by atoms with Gasteiger partial charge in [0.05, 0.1) is 11.6 Å². The molecule has 6 heteroatoms. The zero-order valence-corrected chi connectivity index (χ0v) is 11.8. The molecule has 2 N–H and O–H groups in total. The lowest BCUT2D eigenvalue weighted by molar-refractivity contribution is -0.175. The van der Waals surface area contributed by atoms with E-state index in [1.165, 1.54) is 0 Å². The molecule has 0 aromatic heterocycles. The van der Waals surface area contributed by atoms with Crippen molar-refractivity contribution < 1.29 is 13.2 Å². The molecule has 0 amide bonds. The van der Waals surface area contributed by atoms with Crippen LogP contribution in [0.1, 0.15) is 12.8 Å². The average Bonchev–Trinajstić information content (AvgIpc) is 2.28. The van der Waals surface area contributed by atoms with Crippen molar-refractivity contribution in [2.75, 3.05) is 23.7 Å². The van der Waals surface area contributed by atoms with Crippen LogP contribution in [0.4, 0.5) is 24.5 Å². The lowest BCUT2D eigenvalue weighted by atomic mass is 9.97. The van der Waals surface area contributed by atoms with Gasteiger partial charge in [-0.1, -0.05) is 0 Å². The number of anilines is 2. The number of halogens is 4. The topological polar surface area (TPSA) is 29.3 Å². The summed E-state index contributed by atoms with van der Waals surface area (Å²) in [6.45, 7) is 0.718. The molecule has 1 unspecified atom stereocenters. The normalized spacial score (nSPS) is 21.1. The number of hydrogen-bond donors (Lipinski definition) is 1. The lowest BCUT2D eigenvalue weighted by Gasteiger charge is -2.35. The number of nitrogens with two attached hydrogens (primary N) is 1. The quantitative estimate of drug-likeness (QED) is 0.604. The number of piperidine rings is 1. The first-order valence-electron chi connectivity index (χ1n) is 5.74. The summed E-state index contributed by atoms with van der Waals surface area (Å²) in [5.74, 6) is -1.22. The van der Waals surface area contributed by atoms with Gasteiger partial charge < -0.3 is 10.6 Å². The molecule has 1 heterocycles. The average molecular weight is 370 g/mol. The minimum atomic E-state index is -4.10. The SMILES string of the molecule is Nc1ccc(N2CCCC(C(F)(F)F)C2)c(I)c1. The van der Waals surface area contributed by atoms with Crippen LogP contribution >= 0.6 is 22.6 Å². The predicted octanol–water partition coefficient (Wildman–Crippen LogP) is 3.65. The van der Waals surface area contributed by atoms with Gasteiger partial charge in [-0.15, -0.1) is 0 Å². The largest absolute Gasteiger partial charge is 0.399 e. The third-order valence-electron chi connectivity index (χ3n) is 3.20. The highest BCUT2D eigenvalue weighted by molar-refractivity contribution is 14.1. The summed E-state index contributed by atoms with van der Waals surface area (Å²) in [7, 11) is 0. The molecule has 1 saturated heterocycles. The molecule has 1 aromatic rings. The van der Waals surface area contributed by atoms with Gasteiger partial charge in [-0.05, 0) is 53.6 Å². The van der Waals surface area contributed by atoms with Gasteiger partial charge in [0, 0.05) is 22.3 Å². The minimum absolute atomic E-state index is 0.0451. The van der Waals surface area contributed by atoms with Gasteiger partial charge in [-0.25, -0.2) is 0 Å². The first-order valence-corrected chi connectivity index (χ1v) is 6.82. The minimum Gasteiger partial charge on any atom is -0.399 e. The monoisotopic (exact) mass is 370 g/mol. The van der Waals surface area contributed by atoms with E-state index < -0.39 is 12.1 Å². The van der Waals surface area contributed by atoms with Crippen LogP contribution in [0, 0.1) is 9.49 Å². The highest BCUT2D eigenvalue weighted by atomic mass is 127. The Morgan fingerprint density at radius 1 is 1.33 bits per heavy atom. The highest BCUT2D eigenvalue weighted by Gasteiger charge is 2.41. The zero-order chi connectivity index (χ0) is 13.3. The molecular weight excluding hydrogens is 356 g/mol. The Morgan fingerprint density at radius 3 is 2.67 bits per heavy atom. The number of rotatable bonds is 1. The highest BCUT2D eigenvalue weighted by Crippen LogP contribution is 2.36. The van der Waals surface area contributed by atoms with Gasteiger partial charge in [0.2, 0.25) is 0 Å². The molecule has 1 atom stereocenters. The second-order valence-corrected chi connectivity index (χ2v) is 5.70.